The van der Waals surface area contributed by atoms with E-state index in [-0.39, 0.29) is 10.8 Å². The highest BCUT2D eigenvalue weighted by Gasteiger charge is 2.90. The number of anilines is 3. The molecule has 0 saturated heterocycles. The Balaban J connectivity index is 1.01. The first-order chi connectivity index (χ1) is 26.4. The smallest absolute Gasteiger partial charge is 0.0468 e. The van der Waals surface area contributed by atoms with Crippen molar-refractivity contribution in [1.29, 1.82) is 0 Å². The van der Waals surface area contributed by atoms with Crippen LogP contribution in [0.25, 0.3) is 44.2 Å². The molecule has 0 radical (unpaired) electrons. The van der Waals surface area contributed by atoms with Gasteiger partial charge in [0.25, 0.3) is 0 Å². The van der Waals surface area contributed by atoms with Crippen LogP contribution in [0.15, 0.2) is 146 Å². The third kappa shape index (κ3) is 3.33. The van der Waals surface area contributed by atoms with Crippen LogP contribution in [-0.2, 0) is 10.8 Å². The Labute approximate surface area is 318 Å². The Kier molecular flexibility index (Phi) is 5.45. The fourth-order valence-electron chi connectivity index (χ4n) is 13.7. The Bertz CT molecular complexity index is 2780. The zero-order valence-electron chi connectivity index (χ0n) is 31.2. The number of hydrogen-bond acceptors (Lipinski definition) is 1. The minimum atomic E-state index is -0.0712. The lowest BCUT2D eigenvalue weighted by Crippen LogP contribution is -2.88. The highest BCUT2D eigenvalue weighted by atomic mass is 15.1. The van der Waals surface area contributed by atoms with E-state index in [1.807, 2.05) is 0 Å². The second kappa shape index (κ2) is 9.82. The van der Waals surface area contributed by atoms with E-state index >= 15 is 0 Å². The van der Waals surface area contributed by atoms with Crippen LogP contribution in [0.1, 0.15) is 60.9 Å². The van der Waals surface area contributed by atoms with E-state index in [9.17, 15) is 0 Å². The molecular weight excluding hydrogens is 651 g/mol. The van der Waals surface area contributed by atoms with E-state index in [0.717, 1.165) is 23.7 Å². The van der Waals surface area contributed by atoms with Crippen LogP contribution in [-0.4, -0.2) is 0 Å². The number of rotatable bonds is 4. The summed E-state index contributed by atoms with van der Waals surface area (Å²) in [7, 11) is 0. The molecule has 0 aromatic heterocycles. The lowest BCUT2D eigenvalue weighted by atomic mass is 9.11. The van der Waals surface area contributed by atoms with Crippen molar-refractivity contribution in [3.8, 4) is 33.4 Å². The maximum absolute atomic E-state index is 2.62. The molecule has 7 aromatic carbocycles. The van der Waals surface area contributed by atoms with Crippen molar-refractivity contribution < 1.29 is 0 Å². The highest BCUT2D eigenvalue weighted by Crippen LogP contribution is 2.94. The van der Waals surface area contributed by atoms with Gasteiger partial charge in [0, 0.05) is 27.9 Å². The first-order valence-corrected chi connectivity index (χ1v) is 20.3. The second-order valence-corrected chi connectivity index (χ2v) is 18.2. The van der Waals surface area contributed by atoms with Crippen LogP contribution in [0.3, 0.4) is 0 Å². The third-order valence-electron chi connectivity index (χ3n) is 16.0. The van der Waals surface area contributed by atoms with E-state index in [2.05, 4.69) is 171 Å². The van der Waals surface area contributed by atoms with Gasteiger partial charge < -0.3 is 4.90 Å². The van der Waals surface area contributed by atoms with E-state index in [0.29, 0.717) is 5.41 Å². The zero-order valence-corrected chi connectivity index (χ0v) is 31.2. The van der Waals surface area contributed by atoms with Gasteiger partial charge in [-0.15, -0.1) is 0 Å². The van der Waals surface area contributed by atoms with Crippen molar-refractivity contribution in [1.82, 2.24) is 0 Å². The van der Waals surface area contributed by atoms with Gasteiger partial charge in [-0.05, 0) is 164 Å². The lowest BCUT2D eigenvalue weighted by molar-refractivity contribution is -0.412. The van der Waals surface area contributed by atoms with E-state index in [4.69, 9.17) is 0 Å². The fraction of sp³-hybridized carbons (Fsp3) is 0.245. The second-order valence-electron chi connectivity index (χ2n) is 18.2. The Hall–Kier alpha value is -5.40. The average molecular weight is 694 g/mol. The molecule has 0 heterocycles. The first kappa shape index (κ1) is 30.0. The van der Waals surface area contributed by atoms with Gasteiger partial charge in [0.15, 0.2) is 0 Å². The van der Waals surface area contributed by atoms with Crippen molar-refractivity contribution >= 4 is 27.8 Å². The summed E-state index contributed by atoms with van der Waals surface area (Å²) < 4.78 is 0. The summed E-state index contributed by atoms with van der Waals surface area (Å²) in [5, 5.41) is 2.54. The number of aryl methyl sites for hydroxylation is 1. The quantitative estimate of drug-likeness (QED) is 0.177. The molecular formula is C53H43N. The molecule has 6 aliphatic rings. The molecule has 0 bridgehead atoms. The molecule has 1 heteroatoms. The van der Waals surface area contributed by atoms with Crippen molar-refractivity contribution in [3.05, 3.63) is 173 Å². The van der Waals surface area contributed by atoms with Crippen molar-refractivity contribution in [2.24, 2.45) is 29.1 Å². The molecule has 1 nitrogen and oxygen atoms in total. The molecule has 4 unspecified atom stereocenters. The lowest BCUT2D eigenvalue weighted by Gasteiger charge is -2.92. The molecule has 7 aromatic rings. The topological polar surface area (TPSA) is 3.24 Å². The van der Waals surface area contributed by atoms with Gasteiger partial charge in [0.1, 0.15) is 0 Å². The molecule has 13 rings (SSSR count). The van der Waals surface area contributed by atoms with Gasteiger partial charge in [-0.3, -0.25) is 0 Å². The summed E-state index contributed by atoms with van der Waals surface area (Å²) in [6.07, 6.45) is 4.33. The van der Waals surface area contributed by atoms with Crippen LogP contribution in [0.5, 0.6) is 0 Å². The van der Waals surface area contributed by atoms with Gasteiger partial charge >= 0.3 is 0 Å². The number of benzene rings is 7. The van der Waals surface area contributed by atoms with Gasteiger partial charge in [0.2, 0.25) is 0 Å². The zero-order chi connectivity index (χ0) is 35.7. The van der Waals surface area contributed by atoms with Gasteiger partial charge in [-0.2, -0.15) is 0 Å². The van der Waals surface area contributed by atoms with E-state index < -0.39 is 0 Å². The van der Waals surface area contributed by atoms with Crippen molar-refractivity contribution in [2.45, 2.75) is 50.9 Å². The predicted molar refractivity (Wildman–Crippen MR) is 223 cm³/mol. The first-order valence-electron chi connectivity index (χ1n) is 20.3. The van der Waals surface area contributed by atoms with Crippen LogP contribution in [0.4, 0.5) is 17.1 Å². The van der Waals surface area contributed by atoms with E-state index in [1.165, 1.54) is 97.2 Å². The van der Waals surface area contributed by atoms with Gasteiger partial charge in [0.05, 0.1) is 0 Å². The highest BCUT2D eigenvalue weighted by molar-refractivity contribution is 5.93. The summed E-state index contributed by atoms with van der Waals surface area (Å²) in [6.45, 7) is 7.00. The van der Waals surface area contributed by atoms with Crippen LogP contribution in [0, 0.1) is 36.0 Å². The molecule has 0 N–H and O–H groups in total. The maximum atomic E-state index is 2.62. The minimum Gasteiger partial charge on any atom is -0.310 e. The maximum Gasteiger partial charge on any atom is 0.0468 e. The SMILES string of the molecule is Cc1cccc(-c2ccc3c(c2)C2(c4ccc(N(c5ccc6c(c5)C(C)(C)c5ccccc5-6)c5ccc6ccccc6c5)cc4-3)C3CC4CC5CC2C453)c1. The summed E-state index contributed by atoms with van der Waals surface area (Å²) in [6, 6.07) is 56.2. The molecule has 0 amide bonds. The Morgan fingerprint density at radius 2 is 1.13 bits per heavy atom. The molecule has 6 aliphatic carbocycles. The monoisotopic (exact) mass is 693 g/mol. The summed E-state index contributed by atoms with van der Waals surface area (Å²) >= 11 is 0. The molecule has 0 aliphatic heterocycles. The molecule has 2 spiro atoms. The molecule has 4 atom stereocenters. The van der Waals surface area contributed by atoms with Crippen molar-refractivity contribution in [2.75, 3.05) is 4.90 Å². The molecule has 4 saturated carbocycles. The van der Waals surface area contributed by atoms with E-state index in [1.54, 1.807) is 11.1 Å². The van der Waals surface area contributed by atoms with Crippen LogP contribution in [0.2, 0.25) is 0 Å². The summed E-state index contributed by atoms with van der Waals surface area (Å²) in [4.78, 5) is 2.53. The number of fused-ring (bicyclic) bond motifs is 11. The predicted octanol–water partition coefficient (Wildman–Crippen LogP) is 13.5. The standard InChI is InChI=1S/C53H43N/c1-31-9-8-12-33(23-31)35-16-20-43-44-29-39(19-22-46(44)53(48(43)25-35)49-27-36-26-37-28-50(53)52(36,37)49)54(38-17-15-32-10-4-5-11-34(32)24-38)40-18-21-42-41-13-6-7-14-45(41)51(2,3)47(42)30-40/h4-25,29-30,36-37,49-50H,26-28H2,1-3H3. The Morgan fingerprint density at radius 3 is 1.96 bits per heavy atom. The van der Waals surface area contributed by atoms with Gasteiger partial charge in [-0.25, -0.2) is 0 Å². The largest absolute Gasteiger partial charge is 0.310 e. The average Bonchev–Trinajstić information content (AvgIpc) is 3.58. The summed E-state index contributed by atoms with van der Waals surface area (Å²) in [5.74, 6) is 3.57. The third-order valence-corrected chi connectivity index (χ3v) is 16.0. The molecule has 4 fully saturated rings. The molecule has 54 heavy (non-hydrogen) atoms. The fourth-order valence-corrected chi connectivity index (χ4v) is 13.7. The number of nitrogens with zero attached hydrogens (tertiary/aromatic N) is 1. The minimum absolute atomic E-state index is 0.0712. The van der Waals surface area contributed by atoms with Crippen molar-refractivity contribution in [3.63, 3.8) is 0 Å². The summed E-state index contributed by atoms with van der Waals surface area (Å²) in [5.41, 5.74) is 20.1. The van der Waals surface area contributed by atoms with Gasteiger partial charge in [-0.1, -0.05) is 123 Å². The van der Waals surface area contributed by atoms with Crippen LogP contribution < -0.4 is 4.90 Å². The van der Waals surface area contributed by atoms with Crippen LogP contribution >= 0.6 is 0 Å². The Morgan fingerprint density at radius 1 is 0.463 bits per heavy atom. The molecule has 260 valence electrons. The normalized spacial score (nSPS) is 27.6. The number of hydrogen-bond donors (Lipinski definition) is 0.